The maximum atomic E-state index is 9.23. The summed E-state index contributed by atoms with van der Waals surface area (Å²) < 4.78 is 10.9. The average molecular weight is 288 g/mol. The number of aliphatic hydroxyl groups is 2. The maximum absolute atomic E-state index is 9.23. The Kier molecular flexibility index (Phi) is 4.92. The summed E-state index contributed by atoms with van der Waals surface area (Å²) in [5.74, 6) is 0.902. The first-order valence-corrected chi connectivity index (χ1v) is 6.38. The molecule has 0 spiro atoms. The van der Waals surface area contributed by atoms with E-state index in [9.17, 15) is 10.2 Å². The molecule has 0 amide bonds. The zero-order chi connectivity index (χ0) is 15.2. The molecular weight excluding hydrogens is 271 g/mol. The third-order valence-electron chi connectivity index (χ3n) is 2.95. The smallest absolute Gasteiger partial charge is 0.528 e. The Balaban J connectivity index is 2.05. The van der Waals surface area contributed by atoms with Crippen LogP contribution in [0.15, 0.2) is 36.4 Å². The Morgan fingerprint density at radius 1 is 0.810 bits per heavy atom. The predicted molar refractivity (Wildman–Crippen MR) is 82.0 cm³/mol. The van der Waals surface area contributed by atoms with Crippen LogP contribution in [0.25, 0.3) is 0 Å². The van der Waals surface area contributed by atoms with Gasteiger partial charge in [0.25, 0.3) is 0 Å². The van der Waals surface area contributed by atoms with Gasteiger partial charge in [0.05, 0.1) is 13.2 Å². The molecule has 0 atom stereocenters. The normalized spacial score (nSPS) is 10.2. The third-order valence-corrected chi connectivity index (χ3v) is 2.95. The molecule has 2 aromatic carbocycles. The van der Waals surface area contributed by atoms with Gasteiger partial charge in [-0.05, 0) is 12.1 Å². The van der Waals surface area contributed by atoms with Crippen LogP contribution in [-0.2, 0) is 13.2 Å². The maximum Gasteiger partial charge on any atom is 0.576 e. The molecule has 7 heteroatoms. The van der Waals surface area contributed by atoms with E-state index in [1.54, 1.807) is 36.4 Å². The molecule has 0 fully saturated rings. The molecule has 0 saturated heterocycles. The molecule has 0 aliphatic rings. The van der Waals surface area contributed by atoms with Crippen molar-refractivity contribution in [2.75, 3.05) is 11.5 Å². The van der Waals surface area contributed by atoms with Gasteiger partial charge in [-0.15, -0.1) is 0 Å². The molecule has 6 N–H and O–H groups in total. The Morgan fingerprint density at radius 2 is 1.24 bits per heavy atom. The van der Waals surface area contributed by atoms with Gasteiger partial charge in [0.15, 0.2) is 0 Å². The van der Waals surface area contributed by atoms with E-state index in [2.05, 4.69) is 0 Å². The highest BCUT2D eigenvalue weighted by Gasteiger charge is 2.08. The molecule has 2 rings (SSSR count). The van der Waals surface area contributed by atoms with Gasteiger partial charge >= 0.3 is 7.69 Å². The van der Waals surface area contributed by atoms with Crippen LogP contribution in [0.4, 0.5) is 11.4 Å². The Bertz CT molecular complexity index is 568. The van der Waals surface area contributed by atoms with Crippen LogP contribution in [0, 0.1) is 0 Å². The molecule has 0 aromatic heterocycles. The van der Waals surface area contributed by atoms with Crippen LogP contribution in [0.5, 0.6) is 11.5 Å². The van der Waals surface area contributed by atoms with Crippen molar-refractivity contribution in [3.8, 4) is 11.5 Å². The van der Waals surface area contributed by atoms with Crippen LogP contribution in [0.1, 0.15) is 11.1 Å². The van der Waals surface area contributed by atoms with Gasteiger partial charge in [0.2, 0.25) is 0 Å². The van der Waals surface area contributed by atoms with E-state index in [4.69, 9.17) is 20.8 Å². The van der Waals surface area contributed by atoms with Gasteiger partial charge in [-0.25, -0.2) is 0 Å². The van der Waals surface area contributed by atoms with Gasteiger partial charge < -0.3 is 31.0 Å². The quantitative estimate of drug-likeness (QED) is 0.456. The predicted octanol–water partition coefficient (Wildman–Crippen LogP) is 0.560. The van der Waals surface area contributed by atoms with Crippen LogP contribution < -0.4 is 20.8 Å². The summed E-state index contributed by atoms with van der Waals surface area (Å²) in [4.78, 5) is 0. The van der Waals surface area contributed by atoms with E-state index in [0.29, 0.717) is 34.0 Å². The van der Waals surface area contributed by atoms with Crippen molar-refractivity contribution in [3.63, 3.8) is 0 Å². The molecule has 0 unspecified atom stereocenters. The van der Waals surface area contributed by atoms with E-state index in [-0.39, 0.29) is 20.9 Å². The first-order valence-electron chi connectivity index (χ1n) is 6.38. The van der Waals surface area contributed by atoms with Gasteiger partial charge in [-0.1, -0.05) is 12.1 Å². The summed E-state index contributed by atoms with van der Waals surface area (Å²) in [6.07, 6.45) is 0. The highest BCUT2D eigenvalue weighted by Crippen LogP contribution is 2.24. The number of nitrogen functional groups attached to an aromatic ring is 2. The van der Waals surface area contributed by atoms with Gasteiger partial charge in [0.1, 0.15) is 11.5 Å². The largest absolute Gasteiger partial charge is 0.576 e. The molecule has 21 heavy (non-hydrogen) atoms. The van der Waals surface area contributed by atoms with Crippen LogP contribution in [-0.4, -0.2) is 17.9 Å². The van der Waals surface area contributed by atoms with Crippen molar-refractivity contribution >= 4 is 19.1 Å². The summed E-state index contributed by atoms with van der Waals surface area (Å²) in [6, 6.07) is 9.96. The topological polar surface area (TPSA) is 111 Å². The second-order valence-electron chi connectivity index (χ2n) is 4.46. The zero-order valence-corrected chi connectivity index (χ0v) is 11.5. The Morgan fingerprint density at radius 3 is 1.62 bits per heavy atom. The lowest BCUT2D eigenvalue weighted by atomic mass is 10.1. The molecule has 0 aliphatic carbocycles. The zero-order valence-electron chi connectivity index (χ0n) is 11.5. The minimum absolute atomic E-state index is 0.0904. The highest BCUT2D eigenvalue weighted by molar-refractivity contribution is 6.21. The fraction of sp³-hybridized carbons (Fsp3) is 0.143. The minimum atomic E-state index is -0.157. The van der Waals surface area contributed by atoms with Crippen LogP contribution >= 0.6 is 0 Å². The van der Waals surface area contributed by atoms with Gasteiger partial charge in [-0.3, -0.25) is 0 Å². The molecule has 0 heterocycles. The SMILES string of the molecule is Nc1ccc(CO)c(OBOc2cc(N)ccc2CO)c1. The minimum Gasteiger partial charge on any atom is -0.528 e. The average Bonchev–Trinajstić information content (AvgIpc) is 2.48. The van der Waals surface area contributed by atoms with Crippen molar-refractivity contribution in [1.82, 2.24) is 0 Å². The van der Waals surface area contributed by atoms with Gasteiger partial charge in [-0.2, -0.15) is 0 Å². The van der Waals surface area contributed by atoms with Gasteiger partial charge in [0, 0.05) is 34.6 Å². The number of hydrogen-bond acceptors (Lipinski definition) is 6. The van der Waals surface area contributed by atoms with Crippen molar-refractivity contribution < 1.29 is 19.5 Å². The molecule has 0 aliphatic heterocycles. The molecule has 6 nitrogen and oxygen atoms in total. The first kappa shape index (κ1) is 15.0. The third kappa shape index (κ3) is 3.81. The summed E-state index contributed by atoms with van der Waals surface area (Å²) in [6.45, 7) is -0.314. The summed E-state index contributed by atoms with van der Waals surface area (Å²) in [5.41, 5.74) is 13.6. The summed E-state index contributed by atoms with van der Waals surface area (Å²) in [5, 5.41) is 18.5. The fourth-order valence-electron chi connectivity index (χ4n) is 1.83. The first-order chi connectivity index (χ1) is 10.1. The number of benzene rings is 2. The fourth-order valence-corrected chi connectivity index (χ4v) is 1.83. The van der Waals surface area contributed by atoms with Crippen LogP contribution in [0.3, 0.4) is 0 Å². The number of hydrogen-bond donors (Lipinski definition) is 4. The molecule has 110 valence electrons. The molecule has 2 aromatic rings. The van der Waals surface area contributed by atoms with Crippen molar-refractivity contribution in [2.45, 2.75) is 13.2 Å². The summed E-state index contributed by atoms with van der Waals surface area (Å²) >= 11 is 0. The Hall–Kier alpha value is -2.38. The molecule has 0 bridgehead atoms. The molecular formula is C14H17BN2O4. The summed E-state index contributed by atoms with van der Waals surface area (Å²) in [7, 11) is -0.0904. The molecule has 0 saturated carbocycles. The number of anilines is 2. The van der Waals surface area contributed by atoms with E-state index in [1.807, 2.05) is 0 Å². The van der Waals surface area contributed by atoms with Crippen molar-refractivity contribution in [2.24, 2.45) is 0 Å². The van der Waals surface area contributed by atoms with E-state index in [1.165, 1.54) is 0 Å². The lowest BCUT2D eigenvalue weighted by Gasteiger charge is -2.13. The number of nitrogens with two attached hydrogens (primary N) is 2. The van der Waals surface area contributed by atoms with Crippen molar-refractivity contribution in [3.05, 3.63) is 47.5 Å². The highest BCUT2D eigenvalue weighted by atomic mass is 16.6. The van der Waals surface area contributed by atoms with E-state index in [0.717, 1.165) is 0 Å². The van der Waals surface area contributed by atoms with Crippen LogP contribution in [0.2, 0.25) is 0 Å². The lowest BCUT2D eigenvalue weighted by molar-refractivity contribution is 0.275. The number of rotatable bonds is 6. The lowest BCUT2D eigenvalue weighted by Crippen LogP contribution is -2.13. The monoisotopic (exact) mass is 288 g/mol. The number of aliphatic hydroxyl groups excluding tert-OH is 2. The standard InChI is InChI=1S/C14H17BN2O4/c16-11-3-1-9(7-18)13(5-11)20-15-21-14-6-12(17)4-2-10(14)8-19/h1-6,15,18-19H,7-8,16-17H2. The second-order valence-corrected chi connectivity index (χ2v) is 4.46. The van der Waals surface area contributed by atoms with E-state index < -0.39 is 0 Å². The Labute approximate surface area is 123 Å². The second kappa shape index (κ2) is 6.87. The van der Waals surface area contributed by atoms with E-state index >= 15 is 0 Å². The molecule has 0 radical (unpaired) electrons. The van der Waals surface area contributed by atoms with Crippen molar-refractivity contribution in [1.29, 1.82) is 0 Å².